The highest BCUT2D eigenvalue weighted by molar-refractivity contribution is 8.01. The predicted molar refractivity (Wildman–Crippen MR) is 125 cm³/mol. The zero-order chi connectivity index (χ0) is 22.2. The van der Waals surface area contributed by atoms with Crippen molar-refractivity contribution in [2.45, 2.75) is 23.7 Å². The van der Waals surface area contributed by atoms with Gasteiger partial charge in [0.1, 0.15) is 5.76 Å². The van der Waals surface area contributed by atoms with E-state index < -0.39 is 0 Å². The molecule has 8 nitrogen and oxygen atoms in total. The minimum Gasteiger partial charge on any atom is -0.467 e. The van der Waals surface area contributed by atoms with E-state index in [1.807, 2.05) is 29.2 Å². The Morgan fingerprint density at radius 1 is 1.06 bits per heavy atom. The first kappa shape index (κ1) is 22.3. The van der Waals surface area contributed by atoms with Crippen molar-refractivity contribution in [1.82, 2.24) is 20.4 Å². The number of rotatable bonds is 9. The van der Waals surface area contributed by atoms with Crippen molar-refractivity contribution in [3.05, 3.63) is 60.1 Å². The van der Waals surface area contributed by atoms with Crippen molar-refractivity contribution >= 4 is 40.0 Å². The molecule has 1 aliphatic rings. The number of amides is 2. The van der Waals surface area contributed by atoms with Gasteiger partial charge in [0.2, 0.25) is 16.9 Å². The van der Waals surface area contributed by atoms with Crippen molar-refractivity contribution < 1.29 is 14.0 Å². The maximum Gasteiger partial charge on any atom is 0.230 e. The van der Waals surface area contributed by atoms with Crippen LogP contribution in [-0.2, 0) is 22.6 Å². The van der Waals surface area contributed by atoms with Gasteiger partial charge in [0.25, 0.3) is 0 Å². The number of aryl methyl sites for hydroxylation is 1. The average molecular weight is 472 g/mol. The first-order valence-electron chi connectivity index (χ1n) is 10.5. The van der Waals surface area contributed by atoms with Crippen molar-refractivity contribution in [2.75, 3.05) is 36.8 Å². The lowest BCUT2D eigenvalue weighted by molar-refractivity contribution is -0.131. The molecule has 3 aromatic rings. The molecule has 2 aromatic heterocycles. The van der Waals surface area contributed by atoms with Crippen LogP contribution in [0, 0.1) is 0 Å². The molecule has 0 unspecified atom stereocenters. The predicted octanol–water partition coefficient (Wildman–Crippen LogP) is 2.82. The van der Waals surface area contributed by atoms with Gasteiger partial charge in [0, 0.05) is 32.6 Å². The maximum atomic E-state index is 12.5. The smallest absolute Gasteiger partial charge is 0.230 e. The second kappa shape index (κ2) is 11.1. The lowest BCUT2D eigenvalue weighted by Crippen LogP contribution is -2.48. The number of thioether (sulfide) groups is 1. The number of carbonyl (C=O) groups excluding carboxylic acids is 2. The Labute approximate surface area is 195 Å². The summed E-state index contributed by atoms with van der Waals surface area (Å²) in [6, 6.07) is 13.7. The fourth-order valence-electron chi connectivity index (χ4n) is 3.37. The molecular weight excluding hydrogens is 446 g/mol. The number of nitrogens with zero attached hydrogens (tertiary/aromatic N) is 4. The molecule has 0 spiro atoms. The highest BCUT2D eigenvalue weighted by atomic mass is 32.2. The monoisotopic (exact) mass is 471 g/mol. The summed E-state index contributed by atoms with van der Waals surface area (Å²) in [5.74, 6) is 1.12. The van der Waals surface area contributed by atoms with E-state index in [9.17, 15) is 9.59 Å². The number of hydrogen-bond donors (Lipinski definition) is 1. The molecule has 32 heavy (non-hydrogen) atoms. The van der Waals surface area contributed by atoms with Gasteiger partial charge in [0.15, 0.2) is 4.34 Å². The normalized spacial score (nSPS) is 13.9. The van der Waals surface area contributed by atoms with Crippen molar-refractivity contribution in [3.63, 3.8) is 0 Å². The minimum atomic E-state index is -0.0780. The lowest BCUT2D eigenvalue weighted by Gasteiger charge is -2.34. The van der Waals surface area contributed by atoms with Crippen molar-refractivity contribution in [2.24, 2.45) is 0 Å². The number of anilines is 1. The largest absolute Gasteiger partial charge is 0.467 e. The van der Waals surface area contributed by atoms with Crippen LogP contribution in [0.4, 0.5) is 5.13 Å². The van der Waals surface area contributed by atoms with Gasteiger partial charge >= 0.3 is 0 Å². The zero-order valence-electron chi connectivity index (χ0n) is 17.6. The number of piperazine rings is 1. The first-order valence-corrected chi connectivity index (χ1v) is 12.3. The topological polar surface area (TPSA) is 91.6 Å². The van der Waals surface area contributed by atoms with Gasteiger partial charge in [0.05, 0.1) is 18.6 Å². The fraction of sp³-hybridized carbons (Fsp3) is 0.364. The van der Waals surface area contributed by atoms with Gasteiger partial charge in [-0.05, 0) is 24.1 Å². The number of carbonyl (C=O) groups is 2. The molecule has 4 rings (SSSR count). The maximum absolute atomic E-state index is 12.5. The molecule has 1 fully saturated rings. The number of benzene rings is 1. The SMILES string of the molecule is O=C(CSc1nnc(N2CCN(C(=O)CCc3ccccc3)CC2)s1)NCc1ccco1. The summed E-state index contributed by atoms with van der Waals surface area (Å²) in [5, 5.41) is 12.1. The molecule has 0 aliphatic carbocycles. The molecule has 1 saturated heterocycles. The first-order chi connectivity index (χ1) is 15.7. The van der Waals surface area contributed by atoms with Gasteiger partial charge in [-0.25, -0.2) is 0 Å². The Balaban J connectivity index is 1.17. The van der Waals surface area contributed by atoms with Gasteiger partial charge in [-0.3, -0.25) is 9.59 Å². The van der Waals surface area contributed by atoms with Crippen molar-refractivity contribution in [3.8, 4) is 0 Å². The van der Waals surface area contributed by atoms with Crippen LogP contribution in [0.2, 0.25) is 0 Å². The number of furan rings is 1. The van der Waals surface area contributed by atoms with Crippen LogP contribution in [0.25, 0.3) is 0 Å². The Hall–Kier alpha value is -2.85. The molecule has 0 atom stereocenters. The second-order valence-corrected chi connectivity index (χ2v) is 9.53. The summed E-state index contributed by atoms with van der Waals surface area (Å²) in [7, 11) is 0. The van der Waals surface area contributed by atoms with Crippen LogP contribution in [0.1, 0.15) is 17.7 Å². The average Bonchev–Trinajstić information content (AvgIpc) is 3.53. The van der Waals surface area contributed by atoms with E-state index >= 15 is 0 Å². The summed E-state index contributed by atoms with van der Waals surface area (Å²) < 4.78 is 5.96. The lowest BCUT2D eigenvalue weighted by atomic mass is 10.1. The summed E-state index contributed by atoms with van der Waals surface area (Å²) in [6.07, 6.45) is 2.89. The van der Waals surface area contributed by atoms with Gasteiger partial charge in [-0.1, -0.05) is 53.4 Å². The summed E-state index contributed by atoms with van der Waals surface area (Å²) in [6.45, 7) is 3.22. The van der Waals surface area contributed by atoms with E-state index in [0.717, 1.165) is 34.7 Å². The van der Waals surface area contributed by atoms with E-state index in [2.05, 4.69) is 32.5 Å². The van der Waals surface area contributed by atoms with E-state index in [1.165, 1.54) is 28.7 Å². The Bertz CT molecular complexity index is 1000. The van der Waals surface area contributed by atoms with Crippen LogP contribution in [0.3, 0.4) is 0 Å². The third-order valence-electron chi connectivity index (χ3n) is 5.14. The standard InChI is InChI=1S/C22H25N5O3S2/c28-19(23-15-18-7-4-14-30-18)16-31-22-25-24-21(32-22)27-12-10-26(11-13-27)20(29)9-8-17-5-2-1-3-6-17/h1-7,14H,8-13,15-16H2,(H,23,28). The molecule has 0 bridgehead atoms. The summed E-state index contributed by atoms with van der Waals surface area (Å²) in [5.41, 5.74) is 1.19. The molecule has 1 aromatic carbocycles. The third kappa shape index (κ3) is 6.33. The van der Waals surface area contributed by atoms with Crippen LogP contribution in [0.5, 0.6) is 0 Å². The molecule has 168 valence electrons. The molecular formula is C22H25N5O3S2. The van der Waals surface area contributed by atoms with Gasteiger partial charge < -0.3 is 19.5 Å². The van der Waals surface area contributed by atoms with E-state index in [-0.39, 0.29) is 17.6 Å². The van der Waals surface area contributed by atoms with Crippen LogP contribution >= 0.6 is 23.1 Å². The summed E-state index contributed by atoms with van der Waals surface area (Å²) >= 11 is 2.85. The highest BCUT2D eigenvalue weighted by Crippen LogP contribution is 2.28. The van der Waals surface area contributed by atoms with E-state index in [0.29, 0.717) is 26.1 Å². The highest BCUT2D eigenvalue weighted by Gasteiger charge is 2.23. The molecule has 0 radical (unpaired) electrons. The van der Waals surface area contributed by atoms with Crippen LogP contribution < -0.4 is 10.2 Å². The molecule has 1 aliphatic heterocycles. The summed E-state index contributed by atoms with van der Waals surface area (Å²) in [4.78, 5) is 28.6. The fourth-order valence-corrected chi connectivity index (χ4v) is 5.09. The van der Waals surface area contributed by atoms with Gasteiger partial charge in [-0.15, -0.1) is 10.2 Å². The number of hydrogen-bond acceptors (Lipinski definition) is 8. The number of aromatic nitrogens is 2. The Morgan fingerprint density at radius 3 is 2.62 bits per heavy atom. The molecule has 1 N–H and O–H groups in total. The Kier molecular flexibility index (Phi) is 7.78. The van der Waals surface area contributed by atoms with Crippen molar-refractivity contribution in [1.29, 1.82) is 0 Å². The molecule has 0 saturated carbocycles. The van der Waals surface area contributed by atoms with E-state index in [1.54, 1.807) is 12.3 Å². The Morgan fingerprint density at radius 2 is 1.88 bits per heavy atom. The van der Waals surface area contributed by atoms with Gasteiger partial charge in [-0.2, -0.15) is 0 Å². The van der Waals surface area contributed by atoms with Crippen LogP contribution in [-0.4, -0.2) is 58.8 Å². The van der Waals surface area contributed by atoms with E-state index in [4.69, 9.17) is 4.42 Å². The molecule has 10 heteroatoms. The minimum absolute atomic E-state index is 0.0780. The quantitative estimate of drug-likeness (QED) is 0.480. The molecule has 2 amide bonds. The number of nitrogens with one attached hydrogen (secondary N) is 1. The third-order valence-corrected chi connectivity index (χ3v) is 7.25. The van der Waals surface area contributed by atoms with Crippen LogP contribution in [0.15, 0.2) is 57.5 Å². The second-order valence-electron chi connectivity index (χ2n) is 7.35. The molecule has 3 heterocycles. The zero-order valence-corrected chi connectivity index (χ0v) is 19.2.